The molecule has 0 bridgehead atoms. The molecule has 0 unspecified atom stereocenters. The molecule has 0 N–H and O–H groups in total. The first-order valence-corrected chi connectivity index (χ1v) is 3.94. The van der Waals surface area contributed by atoms with E-state index in [0.29, 0.717) is 0 Å². The van der Waals surface area contributed by atoms with Crippen LogP contribution in [0.3, 0.4) is 0 Å². The third kappa shape index (κ3) is 0.959. The summed E-state index contributed by atoms with van der Waals surface area (Å²) in [5.41, 5.74) is -0.702. The molecule has 2 aliphatic rings. The fraction of sp³-hybridized carbons (Fsp3) is 0.625. The number of alkyl halides is 2. The van der Waals surface area contributed by atoms with Crippen molar-refractivity contribution >= 4 is 5.91 Å². The summed E-state index contributed by atoms with van der Waals surface area (Å²) in [5.74, 6) is -4.42. The van der Waals surface area contributed by atoms with Gasteiger partial charge in [0.15, 0.2) is 5.72 Å². The molecule has 0 aromatic rings. The number of ether oxygens (including phenoxy) is 1. The van der Waals surface area contributed by atoms with E-state index in [2.05, 4.69) is 0 Å². The number of hydrogen-bond acceptors (Lipinski definition) is 2. The van der Waals surface area contributed by atoms with Crippen molar-refractivity contribution in [1.29, 1.82) is 0 Å². The Kier molecular flexibility index (Phi) is 1.32. The van der Waals surface area contributed by atoms with Gasteiger partial charge in [-0.25, -0.2) is 0 Å². The number of allylic oxidation sites excluding steroid dienone is 1. The van der Waals surface area contributed by atoms with E-state index < -0.39 is 24.0 Å². The first-order chi connectivity index (χ1) is 5.84. The third-order valence-corrected chi connectivity index (χ3v) is 2.23. The number of amides is 1. The molecule has 2 rings (SSSR count). The van der Waals surface area contributed by atoms with Gasteiger partial charge in [-0.05, 0) is 13.8 Å². The fourth-order valence-corrected chi connectivity index (χ4v) is 1.63. The minimum absolute atomic E-state index is 0.264. The molecule has 0 radical (unpaired) electrons. The molecular weight excluding hydrogens is 180 g/mol. The molecule has 5 heteroatoms. The number of carbonyl (C=O) groups is 1. The average Bonchev–Trinajstić information content (AvgIpc) is 2.35. The van der Waals surface area contributed by atoms with Crippen molar-refractivity contribution in [2.75, 3.05) is 0 Å². The topological polar surface area (TPSA) is 29.5 Å². The highest BCUT2D eigenvalue weighted by molar-refractivity contribution is 5.89. The molecule has 2 aliphatic heterocycles. The molecule has 2 heterocycles. The molecule has 0 atom stereocenters. The SMILES string of the molecule is CC1(C)OC=C2CC(F)(F)C(=O)N21. The van der Waals surface area contributed by atoms with E-state index in [1.54, 1.807) is 13.8 Å². The van der Waals surface area contributed by atoms with Gasteiger partial charge in [-0.1, -0.05) is 0 Å². The Morgan fingerprint density at radius 1 is 1.54 bits per heavy atom. The predicted octanol–water partition coefficient (Wildman–Crippen LogP) is 1.46. The molecular formula is C8H9F2NO2. The Labute approximate surface area is 74.0 Å². The zero-order valence-electron chi connectivity index (χ0n) is 7.30. The molecule has 1 saturated heterocycles. The minimum Gasteiger partial charge on any atom is -0.474 e. The summed E-state index contributed by atoms with van der Waals surface area (Å²) in [5, 5.41) is 0. The quantitative estimate of drug-likeness (QED) is 0.577. The molecule has 0 aromatic heterocycles. The lowest BCUT2D eigenvalue weighted by atomic mass is 10.2. The Balaban J connectivity index is 2.41. The number of hydrogen-bond donors (Lipinski definition) is 0. The lowest BCUT2D eigenvalue weighted by molar-refractivity contribution is -0.159. The number of nitrogens with zero attached hydrogens (tertiary/aromatic N) is 1. The van der Waals surface area contributed by atoms with Crippen LogP contribution in [0.15, 0.2) is 12.0 Å². The summed E-state index contributed by atoms with van der Waals surface area (Å²) in [7, 11) is 0. The van der Waals surface area contributed by atoms with Gasteiger partial charge >= 0.3 is 11.8 Å². The minimum atomic E-state index is -3.26. The van der Waals surface area contributed by atoms with E-state index in [0.717, 1.165) is 4.90 Å². The molecule has 3 nitrogen and oxygen atoms in total. The maximum absolute atomic E-state index is 12.9. The first-order valence-electron chi connectivity index (χ1n) is 3.94. The smallest absolute Gasteiger partial charge is 0.330 e. The Hall–Kier alpha value is -1.13. The lowest BCUT2D eigenvalue weighted by Gasteiger charge is -2.28. The molecule has 0 saturated carbocycles. The van der Waals surface area contributed by atoms with Crippen molar-refractivity contribution in [2.24, 2.45) is 0 Å². The van der Waals surface area contributed by atoms with E-state index in [1.807, 2.05) is 0 Å². The summed E-state index contributed by atoms with van der Waals surface area (Å²) in [6.07, 6.45) is 0.689. The monoisotopic (exact) mass is 189 g/mol. The number of rotatable bonds is 0. The third-order valence-electron chi connectivity index (χ3n) is 2.23. The van der Waals surface area contributed by atoms with Gasteiger partial charge in [-0.2, -0.15) is 8.78 Å². The Bertz CT molecular complexity index is 309. The molecule has 0 spiro atoms. The zero-order valence-corrected chi connectivity index (χ0v) is 7.30. The van der Waals surface area contributed by atoms with Crippen LogP contribution >= 0.6 is 0 Å². The Morgan fingerprint density at radius 2 is 2.15 bits per heavy atom. The zero-order chi connectivity index (χ0) is 9.85. The van der Waals surface area contributed by atoms with Crippen LogP contribution in [-0.4, -0.2) is 22.5 Å². The van der Waals surface area contributed by atoms with Gasteiger partial charge < -0.3 is 4.74 Å². The van der Waals surface area contributed by atoms with Gasteiger partial charge in [0.05, 0.1) is 12.1 Å². The van der Waals surface area contributed by atoms with E-state index >= 15 is 0 Å². The molecule has 13 heavy (non-hydrogen) atoms. The van der Waals surface area contributed by atoms with Crippen LogP contribution in [0.2, 0.25) is 0 Å². The molecule has 72 valence electrons. The summed E-state index contributed by atoms with van der Waals surface area (Å²) in [6.45, 7) is 3.16. The highest BCUT2D eigenvalue weighted by Crippen LogP contribution is 2.44. The lowest BCUT2D eigenvalue weighted by Crippen LogP contribution is -2.45. The number of carbonyl (C=O) groups excluding carboxylic acids is 1. The van der Waals surface area contributed by atoms with Crippen LogP contribution in [0, 0.1) is 0 Å². The molecule has 1 amide bonds. The maximum atomic E-state index is 12.9. The fourth-order valence-electron chi connectivity index (χ4n) is 1.63. The largest absolute Gasteiger partial charge is 0.474 e. The van der Waals surface area contributed by atoms with E-state index in [-0.39, 0.29) is 5.70 Å². The van der Waals surface area contributed by atoms with Crippen molar-refractivity contribution in [2.45, 2.75) is 31.9 Å². The van der Waals surface area contributed by atoms with Crippen LogP contribution in [-0.2, 0) is 9.53 Å². The van der Waals surface area contributed by atoms with Crippen LogP contribution < -0.4 is 0 Å². The summed E-state index contributed by atoms with van der Waals surface area (Å²) in [6, 6.07) is 0. The number of halogens is 2. The first kappa shape index (κ1) is 8.47. The van der Waals surface area contributed by atoms with E-state index in [1.165, 1.54) is 6.26 Å². The highest BCUT2D eigenvalue weighted by atomic mass is 19.3. The van der Waals surface area contributed by atoms with Gasteiger partial charge in [0.1, 0.15) is 6.26 Å². The molecule has 0 aromatic carbocycles. The second kappa shape index (κ2) is 2.02. The van der Waals surface area contributed by atoms with Crippen molar-refractivity contribution in [3.8, 4) is 0 Å². The van der Waals surface area contributed by atoms with Crippen LogP contribution in [0.4, 0.5) is 8.78 Å². The van der Waals surface area contributed by atoms with Gasteiger partial charge in [0, 0.05) is 0 Å². The second-order valence-corrected chi connectivity index (χ2v) is 3.70. The second-order valence-electron chi connectivity index (χ2n) is 3.70. The predicted molar refractivity (Wildman–Crippen MR) is 39.7 cm³/mol. The maximum Gasteiger partial charge on any atom is 0.330 e. The number of fused-ring (bicyclic) bond motifs is 1. The van der Waals surface area contributed by atoms with Crippen LogP contribution in [0.1, 0.15) is 20.3 Å². The van der Waals surface area contributed by atoms with Crippen molar-refractivity contribution in [1.82, 2.24) is 4.90 Å². The van der Waals surface area contributed by atoms with Gasteiger partial charge in [0.2, 0.25) is 0 Å². The van der Waals surface area contributed by atoms with Crippen LogP contribution in [0.5, 0.6) is 0 Å². The van der Waals surface area contributed by atoms with Crippen molar-refractivity contribution < 1.29 is 18.3 Å². The standard InChI is InChI=1S/C8H9F2NO2/c1-7(2)11-5(4-13-7)3-8(9,10)6(11)12/h4H,3H2,1-2H3. The summed E-state index contributed by atoms with van der Waals surface area (Å²) < 4.78 is 30.9. The van der Waals surface area contributed by atoms with Gasteiger partial charge in [0.25, 0.3) is 0 Å². The summed E-state index contributed by atoms with van der Waals surface area (Å²) in [4.78, 5) is 12.2. The highest BCUT2D eigenvalue weighted by Gasteiger charge is 2.58. The normalized spacial score (nSPS) is 28.5. The van der Waals surface area contributed by atoms with Crippen molar-refractivity contribution in [3.05, 3.63) is 12.0 Å². The Morgan fingerprint density at radius 3 is 2.69 bits per heavy atom. The van der Waals surface area contributed by atoms with Crippen LogP contribution in [0.25, 0.3) is 0 Å². The molecule has 0 aliphatic carbocycles. The summed E-state index contributed by atoms with van der Waals surface area (Å²) >= 11 is 0. The van der Waals surface area contributed by atoms with Crippen molar-refractivity contribution in [3.63, 3.8) is 0 Å². The van der Waals surface area contributed by atoms with Gasteiger partial charge in [-0.3, -0.25) is 9.69 Å². The van der Waals surface area contributed by atoms with E-state index in [9.17, 15) is 13.6 Å². The van der Waals surface area contributed by atoms with E-state index in [4.69, 9.17) is 4.74 Å². The van der Waals surface area contributed by atoms with Gasteiger partial charge in [-0.15, -0.1) is 0 Å². The average molecular weight is 189 g/mol. The molecule has 1 fully saturated rings.